The van der Waals surface area contributed by atoms with Crippen LogP contribution in [0.4, 0.5) is 0 Å². The van der Waals surface area contributed by atoms with Gasteiger partial charge >= 0.3 is 0 Å². The molecule has 2 rings (SSSR count). The van der Waals surface area contributed by atoms with Gasteiger partial charge in [-0.3, -0.25) is 0 Å². The van der Waals surface area contributed by atoms with Crippen molar-refractivity contribution in [1.29, 1.82) is 0 Å². The largest absolute Gasteiger partial charge is 0.390 e. The molecule has 0 aliphatic rings. The smallest absolute Gasteiger partial charge is 0.0996 e. The number of unbranched alkanes of at least 4 members (excludes halogenated alkanes) is 1. The van der Waals surface area contributed by atoms with Crippen molar-refractivity contribution in [2.75, 3.05) is 0 Å². The van der Waals surface area contributed by atoms with Crippen molar-refractivity contribution < 1.29 is 5.11 Å². The molecule has 0 aliphatic heterocycles. The number of hydrogen-bond acceptors (Lipinski definition) is 2. The van der Waals surface area contributed by atoms with Gasteiger partial charge in [0.15, 0.2) is 0 Å². The first kappa shape index (κ1) is 11.9. The maximum Gasteiger partial charge on any atom is 0.0996 e. The molecule has 17 heavy (non-hydrogen) atoms. The second-order valence-corrected chi connectivity index (χ2v) is 4.20. The summed E-state index contributed by atoms with van der Waals surface area (Å²) in [5.41, 5.74) is 3.15. The first-order chi connectivity index (χ1) is 8.33. The number of nitrogens with zero attached hydrogens (tertiary/aromatic N) is 2. The normalized spacial score (nSPS) is 10.7. The van der Waals surface area contributed by atoms with Gasteiger partial charge in [0.2, 0.25) is 0 Å². The Kier molecular flexibility index (Phi) is 3.94. The van der Waals surface area contributed by atoms with Crippen molar-refractivity contribution in [3.63, 3.8) is 0 Å². The number of benzene rings is 1. The van der Waals surface area contributed by atoms with Crippen LogP contribution >= 0.6 is 0 Å². The van der Waals surface area contributed by atoms with Gasteiger partial charge in [-0.2, -0.15) is 0 Å². The lowest BCUT2D eigenvalue weighted by atomic mass is 10.1. The molecular weight excluding hydrogens is 212 g/mol. The van der Waals surface area contributed by atoms with Crippen molar-refractivity contribution in [2.24, 2.45) is 0 Å². The highest BCUT2D eigenvalue weighted by Gasteiger charge is 2.00. The van der Waals surface area contributed by atoms with Crippen LogP contribution in [-0.4, -0.2) is 14.7 Å². The van der Waals surface area contributed by atoms with Crippen LogP contribution in [-0.2, 0) is 13.0 Å². The minimum absolute atomic E-state index is 0.0123. The highest BCUT2D eigenvalue weighted by atomic mass is 16.3. The van der Waals surface area contributed by atoms with E-state index in [0.717, 1.165) is 12.1 Å². The molecule has 0 bridgehead atoms. The van der Waals surface area contributed by atoms with Crippen LogP contribution in [0.25, 0.3) is 5.69 Å². The zero-order chi connectivity index (χ0) is 12.1. The number of aryl methyl sites for hydroxylation is 1. The summed E-state index contributed by atoms with van der Waals surface area (Å²) < 4.78 is 1.93. The third-order valence-corrected chi connectivity index (χ3v) is 2.85. The molecule has 3 heteroatoms. The average molecular weight is 230 g/mol. The van der Waals surface area contributed by atoms with E-state index in [1.54, 1.807) is 6.33 Å². The van der Waals surface area contributed by atoms with Crippen molar-refractivity contribution in [2.45, 2.75) is 32.8 Å². The molecule has 0 saturated carbocycles. The molecule has 1 aromatic heterocycles. The molecule has 0 spiro atoms. The number of aliphatic hydroxyl groups excluding tert-OH is 1. The van der Waals surface area contributed by atoms with Crippen molar-refractivity contribution in [1.82, 2.24) is 9.55 Å². The van der Waals surface area contributed by atoms with E-state index in [1.807, 2.05) is 10.8 Å². The molecule has 0 atom stereocenters. The zero-order valence-corrected chi connectivity index (χ0v) is 10.1. The fraction of sp³-hybridized carbons (Fsp3) is 0.357. The Labute approximate surface area is 102 Å². The minimum atomic E-state index is -0.0123. The van der Waals surface area contributed by atoms with Gasteiger partial charge in [-0.05, 0) is 30.5 Å². The van der Waals surface area contributed by atoms with Gasteiger partial charge in [-0.25, -0.2) is 4.98 Å². The predicted octanol–water partition coefficient (Wildman–Crippen LogP) is 2.71. The number of rotatable bonds is 5. The lowest BCUT2D eigenvalue weighted by Gasteiger charge is -2.04. The van der Waals surface area contributed by atoms with Crippen LogP contribution in [0.3, 0.4) is 0 Å². The molecule has 0 saturated heterocycles. The highest BCUT2D eigenvalue weighted by Crippen LogP contribution is 2.12. The summed E-state index contributed by atoms with van der Waals surface area (Å²) in [5.74, 6) is 0. The Balaban J connectivity index is 2.11. The standard InChI is InChI=1S/C14H18N2O/c1-2-3-4-12-5-7-14(8-6-12)16-9-13(10-17)15-11-16/h5-9,11,17H,2-4,10H2,1H3. The molecule has 0 fully saturated rings. The van der Waals surface area contributed by atoms with Gasteiger partial charge in [0, 0.05) is 11.9 Å². The molecule has 2 aromatic rings. The Hall–Kier alpha value is -1.61. The van der Waals surface area contributed by atoms with E-state index in [2.05, 4.69) is 36.2 Å². The second-order valence-electron chi connectivity index (χ2n) is 4.20. The average Bonchev–Trinajstić information content (AvgIpc) is 2.86. The maximum atomic E-state index is 8.96. The Morgan fingerprint density at radius 2 is 2.00 bits per heavy atom. The summed E-state index contributed by atoms with van der Waals surface area (Å²) in [6.07, 6.45) is 7.18. The summed E-state index contributed by atoms with van der Waals surface area (Å²) in [7, 11) is 0. The number of hydrogen-bond donors (Lipinski definition) is 1. The van der Waals surface area contributed by atoms with E-state index < -0.39 is 0 Å². The lowest BCUT2D eigenvalue weighted by Crippen LogP contribution is -1.91. The Morgan fingerprint density at radius 1 is 1.24 bits per heavy atom. The van der Waals surface area contributed by atoms with Gasteiger partial charge < -0.3 is 9.67 Å². The Morgan fingerprint density at radius 3 is 2.59 bits per heavy atom. The van der Waals surface area contributed by atoms with Gasteiger partial charge in [-0.15, -0.1) is 0 Å². The third-order valence-electron chi connectivity index (χ3n) is 2.85. The van der Waals surface area contributed by atoms with E-state index in [4.69, 9.17) is 5.11 Å². The molecule has 90 valence electrons. The fourth-order valence-electron chi connectivity index (χ4n) is 1.80. The zero-order valence-electron chi connectivity index (χ0n) is 10.1. The van der Waals surface area contributed by atoms with Gasteiger partial charge in [0.05, 0.1) is 18.6 Å². The summed E-state index contributed by atoms with van der Waals surface area (Å²) >= 11 is 0. The van der Waals surface area contributed by atoms with Crippen molar-refractivity contribution >= 4 is 0 Å². The minimum Gasteiger partial charge on any atom is -0.390 e. The van der Waals surface area contributed by atoms with E-state index in [-0.39, 0.29) is 6.61 Å². The summed E-state index contributed by atoms with van der Waals surface area (Å²) in [5, 5.41) is 8.96. The maximum absolute atomic E-state index is 8.96. The first-order valence-electron chi connectivity index (χ1n) is 6.06. The molecule has 1 N–H and O–H groups in total. The molecule has 0 unspecified atom stereocenters. The molecule has 1 heterocycles. The molecule has 3 nitrogen and oxygen atoms in total. The molecule has 0 amide bonds. The van der Waals surface area contributed by atoms with Crippen molar-refractivity contribution in [3.8, 4) is 5.69 Å². The molecule has 0 aliphatic carbocycles. The molecule has 1 aromatic carbocycles. The number of aliphatic hydroxyl groups is 1. The Bertz CT molecular complexity index is 459. The second kappa shape index (κ2) is 5.64. The summed E-state index contributed by atoms with van der Waals surface area (Å²) in [6.45, 7) is 2.19. The van der Waals surface area contributed by atoms with Gasteiger partial charge in [0.1, 0.15) is 0 Å². The van der Waals surface area contributed by atoms with E-state index >= 15 is 0 Å². The van der Waals surface area contributed by atoms with Crippen LogP contribution in [0.15, 0.2) is 36.8 Å². The van der Waals surface area contributed by atoms with Crippen LogP contribution < -0.4 is 0 Å². The monoisotopic (exact) mass is 230 g/mol. The van der Waals surface area contributed by atoms with Crippen molar-refractivity contribution in [3.05, 3.63) is 48.0 Å². The SMILES string of the molecule is CCCCc1ccc(-n2cnc(CO)c2)cc1. The van der Waals surface area contributed by atoms with Gasteiger partial charge in [-0.1, -0.05) is 25.5 Å². The number of aromatic nitrogens is 2. The van der Waals surface area contributed by atoms with E-state index in [1.165, 1.54) is 18.4 Å². The predicted molar refractivity (Wildman–Crippen MR) is 68.1 cm³/mol. The van der Waals surface area contributed by atoms with E-state index in [9.17, 15) is 0 Å². The van der Waals surface area contributed by atoms with Crippen LogP contribution in [0.2, 0.25) is 0 Å². The fourth-order valence-corrected chi connectivity index (χ4v) is 1.80. The summed E-state index contributed by atoms with van der Waals surface area (Å²) in [4.78, 5) is 4.10. The van der Waals surface area contributed by atoms with E-state index in [0.29, 0.717) is 5.69 Å². The van der Waals surface area contributed by atoms with Crippen LogP contribution in [0.5, 0.6) is 0 Å². The van der Waals surface area contributed by atoms with Gasteiger partial charge in [0.25, 0.3) is 0 Å². The molecule has 0 radical (unpaired) electrons. The molecular formula is C14H18N2O. The third kappa shape index (κ3) is 2.94. The topological polar surface area (TPSA) is 38.0 Å². The van der Waals surface area contributed by atoms with Crippen LogP contribution in [0, 0.1) is 0 Å². The summed E-state index contributed by atoms with van der Waals surface area (Å²) in [6, 6.07) is 8.49. The first-order valence-corrected chi connectivity index (χ1v) is 6.06. The quantitative estimate of drug-likeness (QED) is 0.857. The van der Waals surface area contributed by atoms with Crippen LogP contribution in [0.1, 0.15) is 31.0 Å². The highest BCUT2D eigenvalue weighted by molar-refractivity contribution is 5.35. The number of imidazole rings is 1. The lowest BCUT2D eigenvalue weighted by molar-refractivity contribution is 0.277.